The highest BCUT2D eigenvalue weighted by Crippen LogP contribution is 2.26. The molecule has 2 aliphatic rings. The topological polar surface area (TPSA) is 231 Å². The van der Waals surface area contributed by atoms with Gasteiger partial charge in [-0.3, -0.25) is 9.59 Å². The summed E-state index contributed by atoms with van der Waals surface area (Å²) in [5, 5.41) is 72.1. The number of hydrogen-bond acceptors (Lipinski definition) is 15. The normalized spacial score (nSPS) is 26.1. The summed E-state index contributed by atoms with van der Waals surface area (Å²) in [6.07, 6.45) is 20.9. The Balaban J connectivity index is 1.80. The fourth-order valence-electron chi connectivity index (χ4n) is 8.24. The van der Waals surface area contributed by atoms with Crippen LogP contribution in [-0.4, -0.2) is 142 Å². The first-order chi connectivity index (χ1) is 32.0. The highest BCUT2D eigenvalue weighted by Gasteiger charge is 2.47. The van der Waals surface area contributed by atoms with Crippen LogP contribution in [0.25, 0.3) is 0 Å². The summed E-state index contributed by atoms with van der Waals surface area (Å²) in [6.45, 7) is 4.11. The largest absolute Gasteiger partial charge is 0.462 e. The number of hydrogen-bond donors (Lipinski definition) is 7. The third-order valence-electron chi connectivity index (χ3n) is 12.5. The van der Waals surface area contributed by atoms with E-state index in [0.29, 0.717) is 12.8 Å². The molecule has 0 radical (unpaired) electrons. The van der Waals surface area contributed by atoms with Crippen molar-refractivity contribution in [1.82, 2.24) is 0 Å². The van der Waals surface area contributed by atoms with Crippen LogP contribution in [0.2, 0.25) is 0 Å². The summed E-state index contributed by atoms with van der Waals surface area (Å²) in [6, 6.07) is 0. The predicted molar refractivity (Wildman–Crippen MR) is 252 cm³/mol. The van der Waals surface area contributed by atoms with Gasteiger partial charge in [-0.05, 0) is 44.9 Å². The molecule has 0 aromatic carbocycles. The first-order valence-electron chi connectivity index (χ1n) is 25.9. The lowest BCUT2D eigenvalue weighted by molar-refractivity contribution is -0.332. The number of carbonyl (C=O) groups is 2. The van der Waals surface area contributed by atoms with Crippen LogP contribution in [-0.2, 0) is 38.0 Å². The minimum absolute atomic E-state index is 0.165. The highest BCUT2D eigenvalue weighted by atomic mass is 16.7. The van der Waals surface area contributed by atoms with Crippen molar-refractivity contribution in [1.29, 1.82) is 0 Å². The SMILES string of the molecule is C=CCCCCCCCCCCCCCCCC(=O)O[C@H](COC(=O)CCCCCCCCCCC/C=C/CCCC)CO[C@@H]1O[C@H](CO[C@@H]2O[C@H](CO)[C@H](O)C(O)C2O)[C@H](O)C(O)C1O. The van der Waals surface area contributed by atoms with Gasteiger partial charge in [0.25, 0.3) is 0 Å². The van der Waals surface area contributed by atoms with Crippen LogP contribution >= 0.6 is 0 Å². The number of aliphatic hydroxyl groups is 7. The Labute approximate surface area is 396 Å². The summed E-state index contributed by atoms with van der Waals surface area (Å²) < 4.78 is 33.6. The van der Waals surface area contributed by atoms with Crippen molar-refractivity contribution >= 4 is 11.9 Å². The van der Waals surface area contributed by atoms with E-state index in [-0.39, 0.29) is 26.1 Å². The Hall–Kier alpha value is -2.02. The molecule has 2 saturated heterocycles. The highest BCUT2D eigenvalue weighted by molar-refractivity contribution is 5.70. The average molecular weight is 945 g/mol. The quantitative estimate of drug-likeness (QED) is 0.0183. The molecule has 4 unspecified atom stereocenters. The second-order valence-electron chi connectivity index (χ2n) is 18.4. The molecule has 11 atom stereocenters. The number of esters is 2. The van der Waals surface area contributed by atoms with Gasteiger partial charge in [0, 0.05) is 12.8 Å². The minimum Gasteiger partial charge on any atom is -0.462 e. The van der Waals surface area contributed by atoms with Gasteiger partial charge >= 0.3 is 11.9 Å². The van der Waals surface area contributed by atoms with Gasteiger partial charge in [-0.25, -0.2) is 0 Å². The lowest BCUT2D eigenvalue weighted by Crippen LogP contribution is -2.61. The van der Waals surface area contributed by atoms with Gasteiger partial charge < -0.3 is 64.2 Å². The summed E-state index contributed by atoms with van der Waals surface area (Å²) >= 11 is 0. The number of allylic oxidation sites excluding steroid dienone is 3. The van der Waals surface area contributed by atoms with Crippen molar-refractivity contribution in [3.8, 4) is 0 Å². The lowest BCUT2D eigenvalue weighted by atomic mass is 9.98. The average Bonchev–Trinajstić information content (AvgIpc) is 3.31. The molecule has 15 heteroatoms. The molecule has 66 heavy (non-hydrogen) atoms. The van der Waals surface area contributed by atoms with E-state index in [4.69, 9.17) is 28.4 Å². The Morgan fingerprint density at radius 3 is 1.44 bits per heavy atom. The van der Waals surface area contributed by atoms with Crippen LogP contribution in [0, 0.1) is 0 Å². The molecule has 0 aliphatic carbocycles. The molecule has 0 saturated carbocycles. The zero-order valence-electron chi connectivity index (χ0n) is 40.5. The van der Waals surface area contributed by atoms with Gasteiger partial charge in [-0.1, -0.05) is 154 Å². The maximum absolute atomic E-state index is 13.0. The van der Waals surface area contributed by atoms with Crippen molar-refractivity contribution < 1.29 is 73.8 Å². The van der Waals surface area contributed by atoms with E-state index < -0.39 is 92.7 Å². The molecule has 7 N–H and O–H groups in total. The lowest BCUT2D eigenvalue weighted by Gasteiger charge is -2.42. The number of unbranched alkanes of at least 4 members (excludes halogenated alkanes) is 24. The van der Waals surface area contributed by atoms with Crippen molar-refractivity contribution in [3.05, 3.63) is 24.8 Å². The molecular weight excluding hydrogens is 853 g/mol. The summed E-state index contributed by atoms with van der Waals surface area (Å²) in [5.74, 6) is -0.924. The standard InChI is InChI=1S/C51H92O15/c1-3-5-7-9-11-13-15-17-19-21-23-25-27-29-31-33-42(53)61-36-39(64-43(54)34-32-30-28-26-24-22-20-18-16-14-12-10-8-6-4-2)37-62-50-49(60)47(58)45(56)41(66-50)38-63-51-48(59)46(57)44(55)40(35-52)65-51/h4,9,11,39-41,44-52,55-60H,2-3,5-8,10,12-38H2,1H3/b11-9+/t39-,40-,41-,44+,45+,46?,47?,48?,49?,50-,51-/m1/s1. The molecule has 2 aliphatic heterocycles. The van der Waals surface area contributed by atoms with Crippen molar-refractivity contribution in [2.45, 2.75) is 261 Å². The van der Waals surface area contributed by atoms with Crippen molar-refractivity contribution in [2.75, 3.05) is 26.4 Å². The van der Waals surface area contributed by atoms with Gasteiger partial charge in [0.1, 0.15) is 55.4 Å². The molecule has 0 aromatic heterocycles. The van der Waals surface area contributed by atoms with E-state index in [1.54, 1.807) is 0 Å². The van der Waals surface area contributed by atoms with Crippen LogP contribution in [0.5, 0.6) is 0 Å². The van der Waals surface area contributed by atoms with E-state index in [1.165, 1.54) is 109 Å². The molecule has 0 bridgehead atoms. The van der Waals surface area contributed by atoms with Crippen LogP contribution < -0.4 is 0 Å². The Kier molecular flexibility index (Phi) is 35.3. The van der Waals surface area contributed by atoms with E-state index in [0.717, 1.165) is 51.4 Å². The first-order valence-corrected chi connectivity index (χ1v) is 25.9. The zero-order chi connectivity index (χ0) is 48.2. The van der Waals surface area contributed by atoms with Crippen LogP contribution in [0.4, 0.5) is 0 Å². The van der Waals surface area contributed by atoms with Gasteiger partial charge in [-0.15, -0.1) is 6.58 Å². The molecule has 386 valence electrons. The fraction of sp³-hybridized carbons (Fsp3) is 0.882. The van der Waals surface area contributed by atoms with E-state index in [2.05, 4.69) is 25.7 Å². The Morgan fingerprint density at radius 2 is 0.939 bits per heavy atom. The van der Waals surface area contributed by atoms with E-state index in [9.17, 15) is 45.3 Å². The van der Waals surface area contributed by atoms with Gasteiger partial charge in [0.2, 0.25) is 0 Å². The van der Waals surface area contributed by atoms with Gasteiger partial charge in [0.15, 0.2) is 18.7 Å². The Morgan fingerprint density at radius 1 is 0.515 bits per heavy atom. The molecule has 0 amide bonds. The predicted octanol–water partition coefficient (Wildman–Crippen LogP) is 7.16. The van der Waals surface area contributed by atoms with Crippen molar-refractivity contribution in [2.24, 2.45) is 0 Å². The van der Waals surface area contributed by atoms with Crippen LogP contribution in [0.3, 0.4) is 0 Å². The third-order valence-corrected chi connectivity index (χ3v) is 12.5. The first kappa shape index (κ1) is 60.1. The molecule has 15 nitrogen and oxygen atoms in total. The van der Waals surface area contributed by atoms with E-state index in [1.807, 2.05) is 6.08 Å². The second-order valence-corrected chi connectivity index (χ2v) is 18.4. The van der Waals surface area contributed by atoms with Gasteiger partial charge in [-0.2, -0.15) is 0 Å². The number of rotatable bonds is 41. The fourth-order valence-corrected chi connectivity index (χ4v) is 8.24. The molecule has 2 heterocycles. The summed E-state index contributed by atoms with van der Waals surface area (Å²) in [5.41, 5.74) is 0. The Bertz CT molecular complexity index is 1240. The minimum atomic E-state index is -1.76. The molecule has 2 fully saturated rings. The maximum Gasteiger partial charge on any atom is 0.306 e. The number of carbonyl (C=O) groups excluding carboxylic acids is 2. The molecule has 0 aromatic rings. The maximum atomic E-state index is 13.0. The number of ether oxygens (including phenoxy) is 6. The number of aliphatic hydroxyl groups excluding tert-OH is 7. The second kappa shape index (κ2) is 38.8. The molecule has 0 spiro atoms. The van der Waals surface area contributed by atoms with Crippen LogP contribution in [0.15, 0.2) is 24.8 Å². The van der Waals surface area contributed by atoms with Crippen molar-refractivity contribution in [3.63, 3.8) is 0 Å². The van der Waals surface area contributed by atoms with Crippen LogP contribution in [0.1, 0.15) is 193 Å². The third kappa shape index (κ3) is 26.7. The smallest absolute Gasteiger partial charge is 0.306 e. The summed E-state index contributed by atoms with van der Waals surface area (Å²) in [7, 11) is 0. The monoisotopic (exact) mass is 945 g/mol. The summed E-state index contributed by atoms with van der Waals surface area (Å²) in [4.78, 5) is 25.8. The van der Waals surface area contributed by atoms with Gasteiger partial charge in [0.05, 0.1) is 19.8 Å². The van der Waals surface area contributed by atoms with E-state index >= 15 is 0 Å². The molecule has 2 rings (SSSR count). The zero-order valence-corrected chi connectivity index (χ0v) is 40.5. The molecular formula is C51H92O15.